The summed E-state index contributed by atoms with van der Waals surface area (Å²) in [4.78, 5) is 0. The molecule has 0 aliphatic heterocycles. The molecule has 172 valence electrons. The average molecular weight is 403 g/mol. The first-order chi connectivity index (χ1) is 13.0. The summed E-state index contributed by atoms with van der Waals surface area (Å²) in [7, 11) is 0. The van der Waals surface area contributed by atoms with E-state index in [0.717, 1.165) is 25.9 Å². The Morgan fingerprint density at radius 3 is 1.04 bits per heavy atom. The first kappa shape index (κ1) is 30.0. The lowest BCUT2D eigenvalue weighted by molar-refractivity contribution is -0.212. The first-order valence-electron chi connectivity index (χ1n) is 11.9. The molecule has 0 saturated heterocycles. The van der Waals surface area contributed by atoms with Crippen molar-refractivity contribution in [3.05, 3.63) is 0 Å². The summed E-state index contributed by atoms with van der Waals surface area (Å²) < 4.78 is 0. The molecule has 0 bridgehead atoms. The first-order valence-corrected chi connectivity index (χ1v) is 11.9. The zero-order valence-electron chi connectivity index (χ0n) is 20.7. The number of hydroxylamine groups is 4. The smallest absolute Gasteiger partial charge is 0.0382 e. The van der Waals surface area contributed by atoms with Crippen molar-refractivity contribution in [2.24, 2.45) is 0 Å². The van der Waals surface area contributed by atoms with E-state index in [1.165, 1.54) is 74.3 Å². The number of nitrogens with zero attached hydrogens (tertiary/aromatic N) is 2. The Balaban J connectivity index is 0. The predicted octanol–water partition coefficient (Wildman–Crippen LogP) is 7.67. The van der Waals surface area contributed by atoms with Crippen LogP contribution in [0.2, 0.25) is 0 Å². The highest BCUT2D eigenvalue weighted by Crippen LogP contribution is 2.21. The summed E-state index contributed by atoms with van der Waals surface area (Å²) in [6, 6.07) is 0. The van der Waals surface area contributed by atoms with Crippen LogP contribution in [0, 0.1) is 0 Å². The Labute approximate surface area is 177 Å². The molecule has 0 spiro atoms. The van der Waals surface area contributed by atoms with E-state index < -0.39 is 0 Å². The summed E-state index contributed by atoms with van der Waals surface area (Å²) in [5.41, 5.74) is -0.337. The molecule has 4 heteroatoms. The second-order valence-corrected chi connectivity index (χ2v) is 10.1. The topological polar surface area (TPSA) is 46.9 Å². The summed E-state index contributed by atoms with van der Waals surface area (Å²) in [6.45, 7) is 18.1. The van der Waals surface area contributed by atoms with Crippen molar-refractivity contribution >= 4 is 0 Å². The van der Waals surface area contributed by atoms with Gasteiger partial charge in [0.2, 0.25) is 0 Å². The third kappa shape index (κ3) is 20.6. The van der Waals surface area contributed by atoms with E-state index in [1.807, 2.05) is 41.5 Å². The van der Waals surface area contributed by atoms with Crippen LogP contribution in [-0.2, 0) is 0 Å². The van der Waals surface area contributed by atoms with Crippen LogP contribution < -0.4 is 0 Å². The predicted molar refractivity (Wildman–Crippen MR) is 123 cm³/mol. The van der Waals surface area contributed by atoms with Crippen LogP contribution in [0.5, 0.6) is 0 Å². The molecule has 0 unspecified atom stereocenters. The van der Waals surface area contributed by atoms with E-state index in [4.69, 9.17) is 0 Å². The fourth-order valence-electron chi connectivity index (χ4n) is 3.27. The average Bonchev–Trinajstić information content (AvgIpc) is 2.59. The largest absolute Gasteiger partial charge is 0.314 e. The molecule has 0 aliphatic rings. The van der Waals surface area contributed by atoms with Gasteiger partial charge in [0.05, 0.1) is 0 Å². The summed E-state index contributed by atoms with van der Waals surface area (Å²) in [6.07, 6.45) is 15.6. The van der Waals surface area contributed by atoms with Gasteiger partial charge < -0.3 is 10.4 Å². The van der Waals surface area contributed by atoms with Crippen molar-refractivity contribution in [2.75, 3.05) is 13.1 Å². The third-order valence-corrected chi connectivity index (χ3v) is 4.81. The zero-order chi connectivity index (χ0) is 22.1. The highest BCUT2D eigenvalue weighted by molar-refractivity contribution is 4.79. The van der Waals surface area contributed by atoms with E-state index in [2.05, 4.69) is 13.8 Å². The highest BCUT2D eigenvalue weighted by atomic mass is 16.5. The molecule has 4 nitrogen and oxygen atoms in total. The normalized spacial score (nSPS) is 12.4. The molecule has 0 rings (SSSR count). The van der Waals surface area contributed by atoms with Crippen LogP contribution in [0.4, 0.5) is 0 Å². The summed E-state index contributed by atoms with van der Waals surface area (Å²) in [5.74, 6) is 0. The van der Waals surface area contributed by atoms with E-state index in [9.17, 15) is 10.4 Å². The maximum atomic E-state index is 9.69. The maximum absolute atomic E-state index is 9.69. The van der Waals surface area contributed by atoms with Gasteiger partial charge in [-0.2, -0.15) is 10.1 Å². The molecule has 0 aromatic heterocycles. The Bertz CT molecular complexity index is 292. The van der Waals surface area contributed by atoms with E-state index in [-0.39, 0.29) is 11.1 Å². The number of hydrogen-bond acceptors (Lipinski definition) is 4. The van der Waals surface area contributed by atoms with Gasteiger partial charge in [-0.25, -0.2) is 0 Å². The molecule has 0 aromatic rings. The van der Waals surface area contributed by atoms with Crippen LogP contribution in [0.3, 0.4) is 0 Å². The molecule has 0 radical (unpaired) electrons. The van der Waals surface area contributed by atoms with Gasteiger partial charge in [-0.15, -0.1) is 0 Å². The van der Waals surface area contributed by atoms with Gasteiger partial charge in [0, 0.05) is 24.2 Å². The molecule has 0 heterocycles. The number of unbranched alkanes of at least 4 members (excludes halogenated alkanes) is 10. The van der Waals surface area contributed by atoms with Crippen molar-refractivity contribution in [2.45, 2.75) is 144 Å². The molecule has 0 aliphatic carbocycles. The van der Waals surface area contributed by atoms with Crippen molar-refractivity contribution < 1.29 is 10.4 Å². The van der Waals surface area contributed by atoms with Gasteiger partial charge in [0.15, 0.2) is 0 Å². The van der Waals surface area contributed by atoms with Crippen LogP contribution in [0.1, 0.15) is 132 Å². The highest BCUT2D eigenvalue weighted by Gasteiger charge is 2.29. The monoisotopic (exact) mass is 402 g/mol. The molecular formula is C24H54N2O2. The lowest BCUT2D eigenvalue weighted by atomic mass is 10.0. The Morgan fingerprint density at radius 1 is 0.500 bits per heavy atom. The van der Waals surface area contributed by atoms with E-state index >= 15 is 0 Å². The fourth-order valence-corrected chi connectivity index (χ4v) is 3.27. The molecule has 0 aromatic carbocycles. The van der Waals surface area contributed by atoms with E-state index in [1.54, 1.807) is 0 Å². The van der Waals surface area contributed by atoms with Crippen LogP contribution >= 0.6 is 0 Å². The van der Waals surface area contributed by atoms with Gasteiger partial charge in [-0.1, -0.05) is 78.1 Å². The van der Waals surface area contributed by atoms with Crippen molar-refractivity contribution in [3.63, 3.8) is 0 Å². The van der Waals surface area contributed by atoms with E-state index in [0.29, 0.717) is 0 Å². The van der Waals surface area contributed by atoms with Gasteiger partial charge >= 0.3 is 0 Å². The summed E-state index contributed by atoms with van der Waals surface area (Å²) >= 11 is 0. The molecule has 0 saturated carbocycles. The minimum absolute atomic E-state index is 0.168. The standard InChI is InChI=1S/C16H35NO.C8H19NO/c1-3-5-7-9-11-13-15-17(18)16-14-12-10-8-6-4-2;1-7(2,3)9(10)8(4,5)6/h18H,3-16H2,1-2H3;10H,1-6H3. The fraction of sp³-hybridized carbons (Fsp3) is 1.00. The Kier molecular flexibility index (Phi) is 19.0. The van der Waals surface area contributed by atoms with Gasteiger partial charge in [0.25, 0.3) is 0 Å². The Morgan fingerprint density at radius 2 is 0.786 bits per heavy atom. The minimum Gasteiger partial charge on any atom is -0.314 e. The van der Waals surface area contributed by atoms with Crippen molar-refractivity contribution in [1.29, 1.82) is 0 Å². The minimum atomic E-state index is -0.168. The third-order valence-electron chi connectivity index (χ3n) is 4.81. The molecule has 0 atom stereocenters. The Hall–Kier alpha value is -0.160. The second-order valence-electron chi connectivity index (χ2n) is 10.1. The van der Waals surface area contributed by atoms with Crippen LogP contribution in [0.15, 0.2) is 0 Å². The SMILES string of the molecule is CC(C)(C)N(O)C(C)(C)C.CCCCCCCCN(O)CCCCCCCC. The zero-order valence-corrected chi connectivity index (χ0v) is 20.7. The maximum Gasteiger partial charge on any atom is 0.0382 e. The molecule has 0 amide bonds. The van der Waals surface area contributed by atoms with Gasteiger partial charge in [-0.3, -0.25) is 0 Å². The quantitative estimate of drug-likeness (QED) is 0.231. The van der Waals surface area contributed by atoms with Gasteiger partial charge in [-0.05, 0) is 54.4 Å². The lowest BCUT2D eigenvalue weighted by Gasteiger charge is -2.39. The summed E-state index contributed by atoms with van der Waals surface area (Å²) in [5, 5.41) is 22.1. The van der Waals surface area contributed by atoms with Crippen LogP contribution in [-0.4, -0.2) is 44.7 Å². The van der Waals surface area contributed by atoms with Crippen molar-refractivity contribution in [3.8, 4) is 0 Å². The van der Waals surface area contributed by atoms with Crippen LogP contribution in [0.25, 0.3) is 0 Å². The van der Waals surface area contributed by atoms with Gasteiger partial charge in [0.1, 0.15) is 0 Å². The number of rotatable bonds is 14. The molecule has 2 N–H and O–H groups in total. The number of hydrogen-bond donors (Lipinski definition) is 2. The lowest BCUT2D eigenvalue weighted by Crippen LogP contribution is -2.50. The molecule has 0 fully saturated rings. The second kappa shape index (κ2) is 17.7. The van der Waals surface area contributed by atoms with Crippen molar-refractivity contribution in [1.82, 2.24) is 10.1 Å². The molecular weight excluding hydrogens is 348 g/mol. The molecule has 28 heavy (non-hydrogen) atoms.